The van der Waals surface area contributed by atoms with Crippen LogP contribution in [0, 0.1) is 0 Å². The van der Waals surface area contributed by atoms with E-state index in [1.807, 2.05) is 6.92 Å². The third-order valence-corrected chi connectivity index (χ3v) is 9.17. The van der Waals surface area contributed by atoms with Gasteiger partial charge in [0.2, 0.25) is 0 Å². The van der Waals surface area contributed by atoms with E-state index in [1.54, 1.807) is 0 Å². The van der Waals surface area contributed by atoms with Gasteiger partial charge in [-0.25, -0.2) is 4.79 Å². The quantitative estimate of drug-likeness (QED) is 0.0263. The lowest BCUT2D eigenvalue weighted by atomic mass is 10.0. The highest BCUT2D eigenvalue weighted by Crippen LogP contribution is 2.16. The zero-order valence-electron chi connectivity index (χ0n) is 32.0. The molecule has 48 heavy (non-hydrogen) atoms. The molecule has 3 N–H and O–H groups in total. The normalized spacial score (nSPS) is 11.3. The van der Waals surface area contributed by atoms with Crippen LogP contribution in [-0.2, 0) is 19.1 Å². The van der Waals surface area contributed by atoms with Crippen molar-refractivity contribution < 1.29 is 34.4 Å². The lowest BCUT2D eigenvalue weighted by Gasteiger charge is -2.15. The highest BCUT2D eigenvalue weighted by atomic mass is 16.6. The molecule has 0 heterocycles. The average Bonchev–Trinajstić information content (AvgIpc) is 3.05. The van der Waals surface area contributed by atoms with Crippen LogP contribution < -0.4 is 0 Å². The molecule has 0 amide bonds. The van der Waals surface area contributed by atoms with Crippen molar-refractivity contribution in [3.8, 4) is 0 Å². The van der Waals surface area contributed by atoms with Gasteiger partial charge in [-0.3, -0.25) is 9.59 Å². The van der Waals surface area contributed by atoms with Crippen LogP contribution >= 0.6 is 0 Å². The Bertz CT molecular complexity index is 707. The second-order valence-corrected chi connectivity index (χ2v) is 14.1. The molecule has 7 heteroatoms. The third kappa shape index (κ3) is 39.0. The van der Waals surface area contributed by atoms with Crippen molar-refractivity contribution in [2.24, 2.45) is 0 Å². The summed E-state index contributed by atoms with van der Waals surface area (Å²) in [4.78, 5) is 33.9. The van der Waals surface area contributed by atoms with Gasteiger partial charge in [-0.2, -0.15) is 0 Å². The summed E-state index contributed by atoms with van der Waals surface area (Å²) < 4.78 is 5.00. The van der Waals surface area contributed by atoms with Crippen molar-refractivity contribution in [3.63, 3.8) is 0 Å². The third-order valence-electron chi connectivity index (χ3n) is 9.17. The van der Waals surface area contributed by atoms with Gasteiger partial charge in [-0.05, 0) is 19.3 Å². The summed E-state index contributed by atoms with van der Waals surface area (Å²) in [5.41, 5.74) is 0. The molecular formula is C41H80O7. The molecule has 286 valence electrons. The predicted octanol–water partition coefficient (Wildman–Crippen LogP) is 12.1. The van der Waals surface area contributed by atoms with Crippen molar-refractivity contribution in [2.45, 2.75) is 245 Å². The minimum Gasteiger partial charge on any atom is -0.477 e. The Balaban J connectivity index is 0. The topological polar surface area (TPSA) is 121 Å². The number of carboxylic acid groups (broad SMARTS) is 1. The molecule has 0 aliphatic rings. The van der Waals surface area contributed by atoms with Gasteiger partial charge in [0.25, 0.3) is 5.79 Å². The van der Waals surface area contributed by atoms with E-state index in [0.717, 1.165) is 38.5 Å². The zero-order valence-corrected chi connectivity index (χ0v) is 32.0. The second kappa shape index (κ2) is 38.3. The van der Waals surface area contributed by atoms with E-state index in [2.05, 4.69) is 13.8 Å². The maximum absolute atomic E-state index is 11.9. The van der Waals surface area contributed by atoms with Gasteiger partial charge in [-0.1, -0.05) is 201 Å². The number of carbonyl (C=O) groups is 3. The molecule has 0 saturated carbocycles. The molecule has 0 aromatic rings. The summed E-state index contributed by atoms with van der Waals surface area (Å²) in [6, 6.07) is 0. The van der Waals surface area contributed by atoms with E-state index in [1.165, 1.54) is 154 Å². The van der Waals surface area contributed by atoms with Gasteiger partial charge in [-0.15, -0.1) is 0 Å². The van der Waals surface area contributed by atoms with Crippen molar-refractivity contribution in [1.29, 1.82) is 0 Å². The average molecular weight is 685 g/mol. The number of hydrogen-bond acceptors (Lipinski definition) is 6. The first-order chi connectivity index (χ1) is 23.2. The fourth-order valence-electron chi connectivity index (χ4n) is 5.89. The van der Waals surface area contributed by atoms with E-state index in [0.29, 0.717) is 19.3 Å². The van der Waals surface area contributed by atoms with Crippen LogP contribution in [0.5, 0.6) is 0 Å². The van der Waals surface area contributed by atoms with Crippen molar-refractivity contribution in [3.05, 3.63) is 0 Å². The highest BCUT2D eigenvalue weighted by molar-refractivity contribution is 5.85. The molecule has 0 unspecified atom stereocenters. The van der Waals surface area contributed by atoms with Crippen molar-refractivity contribution >= 4 is 17.9 Å². The summed E-state index contributed by atoms with van der Waals surface area (Å²) >= 11 is 0. The number of carboxylic acids is 1. The van der Waals surface area contributed by atoms with Crippen LogP contribution in [0.1, 0.15) is 239 Å². The number of aliphatic carboxylic acids is 1. The number of ether oxygens (including phenoxy) is 1. The van der Waals surface area contributed by atoms with E-state index in [-0.39, 0.29) is 18.4 Å². The summed E-state index contributed by atoms with van der Waals surface area (Å²) in [7, 11) is 0. The molecule has 0 rings (SSSR count). The molecular weight excluding hydrogens is 604 g/mol. The summed E-state index contributed by atoms with van der Waals surface area (Å²) in [6.45, 7) is 6.50. The molecule has 0 spiro atoms. The molecule has 0 aliphatic heterocycles. The van der Waals surface area contributed by atoms with Gasteiger partial charge in [0, 0.05) is 19.3 Å². The Morgan fingerprint density at radius 1 is 0.396 bits per heavy atom. The number of aliphatic hydroxyl groups is 2. The number of esters is 2. The number of rotatable bonds is 35. The van der Waals surface area contributed by atoms with E-state index in [9.17, 15) is 14.4 Å². The first-order valence-electron chi connectivity index (χ1n) is 20.6. The summed E-state index contributed by atoms with van der Waals surface area (Å²) in [6.07, 6.45) is 39.4. The first kappa shape index (κ1) is 48.6. The van der Waals surface area contributed by atoms with Crippen molar-refractivity contribution in [1.82, 2.24) is 0 Å². The van der Waals surface area contributed by atoms with Gasteiger partial charge < -0.3 is 20.1 Å². The largest absolute Gasteiger partial charge is 0.477 e. The lowest BCUT2D eigenvalue weighted by molar-refractivity contribution is -0.205. The Morgan fingerprint density at radius 2 is 0.625 bits per heavy atom. The molecule has 0 fully saturated rings. The SMILES string of the molecule is CCCCCC(O)(O)C(=O)O.CCCCCCCCCCCCCCCCCC(=O)OC(=O)CCCCCCCCCCCCCCC. The van der Waals surface area contributed by atoms with Gasteiger partial charge in [0.15, 0.2) is 0 Å². The number of hydrogen-bond donors (Lipinski definition) is 3. The van der Waals surface area contributed by atoms with E-state index in [4.69, 9.17) is 20.1 Å². The Labute approximate surface area is 296 Å². The van der Waals surface area contributed by atoms with Crippen LogP contribution in [0.2, 0.25) is 0 Å². The maximum atomic E-state index is 11.9. The predicted molar refractivity (Wildman–Crippen MR) is 200 cm³/mol. The second-order valence-electron chi connectivity index (χ2n) is 14.1. The minimum atomic E-state index is -2.53. The zero-order chi connectivity index (χ0) is 36.0. The number of unbranched alkanes of at least 4 members (excludes halogenated alkanes) is 28. The fourth-order valence-corrected chi connectivity index (χ4v) is 5.89. The van der Waals surface area contributed by atoms with Gasteiger partial charge >= 0.3 is 17.9 Å². The summed E-state index contributed by atoms with van der Waals surface area (Å²) in [5.74, 6) is -4.76. The van der Waals surface area contributed by atoms with E-state index >= 15 is 0 Å². The van der Waals surface area contributed by atoms with Crippen LogP contribution in [0.15, 0.2) is 0 Å². The molecule has 0 bridgehead atoms. The molecule has 0 aromatic heterocycles. The highest BCUT2D eigenvalue weighted by Gasteiger charge is 2.31. The lowest BCUT2D eigenvalue weighted by Crippen LogP contribution is -2.37. The minimum absolute atomic E-state index is 0.101. The molecule has 0 radical (unpaired) electrons. The molecule has 0 atom stereocenters. The molecule has 0 aromatic carbocycles. The Morgan fingerprint density at radius 3 is 0.875 bits per heavy atom. The molecule has 0 saturated heterocycles. The summed E-state index contributed by atoms with van der Waals surface area (Å²) in [5, 5.41) is 25.8. The smallest absolute Gasteiger partial charge is 0.364 e. The van der Waals surface area contributed by atoms with Crippen LogP contribution in [0.25, 0.3) is 0 Å². The molecule has 0 aliphatic carbocycles. The van der Waals surface area contributed by atoms with Crippen LogP contribution in [0.3, 0.4) is 0 Å². The van der Waals surface area contributed by atoms with Crippen LogP contribution in [-0.4, -0.2) is 39.0 Å². The Hall–Kier alpha value is -1.47. The fraction of sp³-hybridized carbons (Fsp3) is 0.927. The monoisotopic (exact) mass is 685 g/mol. The van der Waals surface area contributed by atoms with Gasteiger partial charge in [0.05, 0.1) is 0 Å². The Kier molecular flexibility index (Phi) is 38.8. The van der Waals surface area contributed by atoms with Crippen molar-refractivity contribution in [2.75, 3.05) is 0 Å². The maximum Gasteiger partial charge on any atom is 0.364 e. The first-order valence-corrected chi connectivity index (χ1v) is 20.6. The van der Waals surface area contributed by atoms with E-state index < -0.39 is 11.8 Å². The standard InChI is InChI=1S/C34H66O3.C7H14O4/c1-3-5-7-9-11-13-15-17-18-20-22-24-26-28-30-32-34(36)37-33(35)31-29-27-25-23-21-19-16-14-12-10-8-6-4-2;1-2-3-4-5-7(10,11)6(8)9/h3-32H2,1-2H3;10-11H,2-5H2,1H3,(H,8,9). The molecule has 7 nitrogen and oxygen atoms in total. The number of carbonyl (C=O) groups excluding carboxylic acids is 2. The van der Waals surface area contributed by atoms with Crippen LogP contribution in [0.4, 0.5) is 0 Å². The van der Waals surface area contributed by atoms with Gasteiger partial charge in [0.1, 0.15) is 0 Å².